The Labute approximate surface area is 199 Å². The number of ether oxygens (including phenoxy) is 1. The van der Waals surface area contributed by atoms with Gasteiger partial charge in [0.1, 0.15) is 12.4 Å². The number of nitrogens with zero attached hydrogens (tertiary/aromatic N) is 1. The lowest BCUT2D eigenvalue weighted by molar-refractivity contribution is 0.100. The van der Waals surface area contributed by atoms with Crippen LogP contribution in [0.4, 0.5) is 0 Å². The van der Waals surface area contributed by atoms with Crippen LogP contribution >= 0.6 is 0 Å². The van der Waals surface area contributed by atoms with E-state index >= 15 is 0 Å². The summed E-state index contributed by atoms with van der Waals surface area (Å²) in [5.74, 6) is 0.845. The molecule has 0 unspecified atom stereocenters. The van der Waals surface area contributed by atoms with Crippen LogP contribution in [0.15, 0.2) is 91.0 Å². The van der Waals surface area contributed by atoms with Gasteiger partial charge < -0.3 is 15.0 Å². The summed E-state index contributed by atoms with van der Waals surface area (Å²) >= 11 is 0. The van der Waals surface area contributed by atoms with E-state index in [4.69, 9.17) is 10.5 Å². The van der Waals surface area contributed by atoms with Gasteiger partial charge in [-0.25, -0.2) is 0 Å². The molecule has 0 saturated heterocycles. The van der Waals surface area contributed by atoms with Crippen LogP contribution in [-0.2, 0) is 13.2 Å². The summed E-state index contributed by atoms with van der Waals surface area (Å²) in [6.45, 7) is 5.61. The van der Waals surface area contributed by atoms with Crippen molar-refractivity contribution in [1.29, 1.82) is 0 Å². The van der Waals surface area contributed by atoms with Crippen molar-refractivity contribution in [2.45, 2.75) is 32.9 Å². The summed E-state index contributed by atoms with van der Waals surface area (Å²) in [5.41, 5.74) is 12.0. The SMILES string of the molecule is CC(C)c1ccc2c3c(C(N)=O)cccc3n(Cc3ccc(OCc4ccccc4)cc3)c2c1. The predicted octanol–water partition coefficient (Wildman–Crippen LogP) is 6.64. The van der Waals surface area contributed by atoms with E-state index in [2.05, 4.69) is 66.9 Å². The molecule has 0 fully saturated rings. The molecule has 4 heteroatoms. The second-order valence-electron chi connectivity index (χ2n) is 9.00. The maximum Gasteiger partial charge on any atom is 0.249 e. The van der Waals surface area contributed by atoms with Crippen LogP contribution < -0.4 is 10.5 Å². The number of carbonyl (C=O) groups excluding carboxylic acids is 1. The standard InChI is InChI=1S/C30H28N2O2/c1-20(2)23-13-16-25-28(17-23)32(27-10-6-9-26(29(25)27)30(31)33)18-21-11-14-24(15-12-21)34-19-22-7-4-3-5-8-22/h3-17,20H,18-19H2,1-2H3,(H2,31,33). The van der Waals surface area contributed by atoms with E-state index in [-0.39, 0.29) is 0 Å². The summed E-state index contributed by atoms with van der Waals surface area (Å²) in [6, 6.07) is 30.7. The first-order chi connectivity index (χ1) is 16.5. The number of benzene rings is 4. The lowest BCUT2D eigenvalue weighted by Gasteiger charge is -2.11. The Balaban J connectivity index is 1.51. The number of amides is 1. The minimum atomic E-state index is -0.405. The van der Waals surface area contributed by atoms with E-state index in [1.54, 1.807) is 0 Å². The number of nitrogens with two attached hydrogens (primary N) is 1. The zero-order valence-electron chi connectivity index (χ0n) is 19.5. The maximum atomic E-state index is 12.2. The molecule has 0 atom stereocenters. The minimum Gasteiger partial charge on any atom is -0.489 e. The first kappa shape index (κ1) is 21.8. The van der Waals surface area contributed by atoms with Gasteiger partial charge in [-0.2, -0.15) is 0 Å². The van der Waals surface area contributed by atoms with E-state index in [0.29, 0.717) is 24.6 Å². The van der Waals surface area contributed by atoms with Crippen LogP contribution in [-0.4, -0.2) is 10.5 Å². The zero-order chi connectivity index (χ0) is 23.7. The second kappa shape index (κ2) is 9.06. The number of carbonyl (C=O) groups is 1. The average molecular weight is 449 g/mol. The van der Waals surface area contributed by atoms with Gasteiger partial charge in [-0.3, -0.25) is 4.79 Å². The summed E-state index contributed by atoms with van der Waals surface area (Å²) in [4.78, 5) is 12.2. The highest BCUT2D eigenvalue weighted by Crippen LogP contribution is 2.34. The quantitative estimate of drug-likeness (QED) is 0.303. The van der Waals surface area contributed by atoms with Crippen LogP contribution in [0.25, 0.3) is 21.8 Å². The topological polar surface area (TPSA) is 57.2 Å². The van der Waals surface area contributed by atoms with Crippen LogP contribution in [0, 0.1) is 0 Å². The molecule has 0 saturated carbocycles. The van der Waals surface area contributed by atoms with Crippen molar-refractivity contribution in [2.75, 3.05) is 0 Å². The highest BCUT2D eigenvalue weighted by atomic mass is 16.5. The Bertz CT molecular complexity index is 1470. The third-order valence-corrected chi connectivity index (χ3v) is 6.36. The fourth-order valence-electron chi connectivity index (χ4n) is 4.51. The molecule has 34 heavy (non-hydrogen) atoms. The lowest BCUT2D eigenvalue weighted by Crippen LogP contribution is -2.11. The highest BCUT2D eigenvalue weighted by molar-refractivity contribution is 6.18. The van der Waals surface area contributed by atoms with Crippen molar-refractivity contribution in [2.24, 2.45) is 5.73 Å². The largest absolute Gasteiger partial charge is 0.489 e. The molecule has 4 nitrogen and oxygen atoms in total. The van der Waals surface area contributed by atoms with Gasteiger partial charge in [0.15, 0.2) is 0 Å². The summed E-state index contributed by atoms with van der Waals surface area (Å²) in [6.07, 6.45) is 0. The number of fused-ring (bicyclic) bond motifs is 3. The van der Waals surface area contributed by atoms with Gasteiger partial charge in [-0.05, 0) is 52.9 Å². The number of aromatic nitrogens is 1. The van der Waals surface area contributed by atoms with Crippen LogP contribution in [0.2, 0.25) is 0 Å². The van der Waals surface area contributed by atoms with E-state index in [1.807, 2.05) is 42.5 Å². The molecule has 1 aromatic heterocycles. The van der Waals surface area contributed by atoms with E-state index in [0.717, 1.165) is 38.7 Å². The third-order valence-electron chi connectivity index (χ3n) is 6.36. The van der Waals surface area contributed by atoms with Gasteiger partial charge in [0, 0.05) is 28.4 Å². The van der Waals surface area contributed by atoms with Crippen molar-refractivity contribution in [3.8, 4) is 5.75 Å². The molecule has 4 aromatic carbocycles. The van der Waals surface area contributed by atoms with E-state index in [9.17, 15) is 4.79 Å². The van der Waals surface area contributed by atoms with Crippen molar-refractivity contribution < 1.29 is 9.53 Å². The Hall–Kier alpha value is -4.05. The molecule has 0 bridgehead atoms. The second-order valence-corrected chi connectivity index (χ2v) is 9.00. The monoisotopic (exact) mass is 448 g/mol. The highest BCUT2D eigenvalue weighted by Gasteiger charge is 2.17. The number of hydrogen-bond acceptors (Lipinski definition) is 2. The number of rotatable bonds is 7. The number of hydrogen-bond donors (Lipinski definition) is 1. The molecule has 170 valence electrons. The lowest BCUT2D eigenvalue weighted by atomic mass is 10.00. The number of primary amides is 1. The van der Waals surface area contributed by atoms with E-state index in [1.165, 1.54) is 5.56 Å². The molecule has 0 aliphatic rings. The molecule has 0 aliphatic carbocycles. The average Bonchev–Trinajstić information content (AvgIpc) is 3.17. The zero-order valence-corrected chi connectivity index (χ0v) is 19.5. The van der Waals surface area contributed by atoms with Gasteiger partial charge >= 0.3 is 0 Å². The van der Waals surface area contributed by atoms with Crippen molar-refractivity contribution >= 4 is 27.7 Å². The normalized spacial score (nSPS) is 11.4. The van der Waals surface area contributed by atoms with Gasteiger partial charge in [-0.15, -0.1) is 0 Å². The molecular weight excluding hydrogens is 420 g/mol. The van der Waals surface area contributed by atoms with Gasteiger partial charge in [-0.1, -0.05) is 74.5 Å². The summed E-state index contributed by atoms with van der Waals surface area (Å²) in [5, 5.41) is 1.97. The fraction of sp³-hybridized carbons (Fsp3) is 0.167. The molecule has 1 amide bonds. The van der Waals surface area contributed by atoms with Gasteiger partial charge in [0.25, 0.3) is 0 Å². The molecule has 0 spiro atoms. The third kappa shape index (κ3) is 4.15. The van der Waals surface area contributed by atoms with Crippen LogP contribution in [0.5, 0.6) is 5.75 Å². The Morgan fingerprint density at radius 3 is 2.32 bits per heavy atom. The van der Waals surface area contributed by atoms with Gasteiger partial charge in [0.05, 0.1) is 5.52 Å². The molecule has 0 aliphatic heterocycles. The molecule has 5 rings (SSSR count). The van der Waals surface area contributed by atoms with Crippen LogP contribution in [0.1, 0.15) is 46.8 Å². The molecule has 0 radical (unpaired) electrons. The van der Waals surface area contributed by atoms with Crippen molar-refractivity contribution in [3.05, 3.63) is 113 Å². The van der Waals surface area contributed by atoms with Gasteiger partial charge in [0.2, 0.25) is 5.91 Å². The predicted molar refractivity (Wildman–Crippen MR) is 138 cm³/mol. The Kier molecular flexibility index (Phi) is 5.81. The fourth-order valence-corrected chi connectivity index (χ4v) is 4.51. The summed E-state index contributed by atoms with van der Waals surface area (Å²) < 4.78 is 8.23. The van der Waals surface area contributed by atoms with Crippen LogP contribution in [0.3, 0.4) is 0 Å². The first-order valence-electron chi connectivity index (χ1n) is 11.6. The molecule has 2 N–H and O–H groups in total. The first-order valence-corrected chi connectivity index (χ1v) is 11.6. The Morgan fingerprint density at radius 1 is 0.853 bits per heavy atom. The van der Waals surface area contributed by atoms with Crippen molar-refractivity contribution in [1.82, 2.24) is 4.57 Å². The molecular formula is C30H28N2O2. The summed E-state index contributed by atoms with van der Waals surface area (Å²) in [7, 11) is 0. The smallest absolute Gasteiger partial charge is 0.249 e. The van der Waals surface area contributed by atoms with Crippen molar-refractivity contribution in [3.63, 3.8) is 0 Å². The van der Waals surface area contributed by atoms with E-state index < -0.39 is 5.91 Å². The molecule has 1 heterocycles. The minimum absolute atomic E-state index is 0.405. The molecule has 5 aromatic rings. The Morgan fingerprint density at radius 2 is 1.62 bits per heavy atom. The maximum absolute atomic E-state index is 12.2.